The summed E-state index contributed by atoms with van der Waals surface area (Å²) in [5.74, 6) is -1.69. The Morgan fingerprint density at radius 1 is 1.16 bits per heavy atom. The zero-order chi connectivity index (χ0) is 14.0. The van der Waals surface area contributed by atoms with Gasteiger partial charge in [-0.15, -0.1) is 0 Å². The first-order valence-electron chi connectivity index (χ1n) is 5.67. The van der Waals surface area contributed by atoms with Gasteiger partial charge in [0.1, 0.15) is 22.9 Å². The van der Waals surface area contributed by atoms with E-state index in [1.54, 1.807) is 6.92 Å². The van der Waals surface area contributed by atoms with Crippen LogP contribution in [0.5, 0.6) is 5.75 Å². The predicted octanol–water partition coefficient (Wildman–Crippen LogP) is 3.51. The first-order valence-corrected chi connectivity index (χ1v) is 5.67. The van der Waals surface area contributed by atoms with Crippen LogP contribution in [0.3, 0.4) is 0 Å². The standard InChI is InChI=1S/C15H12F2O2/c1-9-6-10(8-11(16)7-9)15(18)14-12(17)4-3-5-13(14)19-2/h3-8H,1-2H3. The molecule has 2 aromatic carbocycles. The zero-order valence-electron chi connectivity index (χ0n) is 10.5. The molecule has 0 bridgehead atoms. The van der Waals surface area contributed by atoms with Gasteiger partial charge in [-0.1, -0.05) is 6.07 Å². The van der Waals surface area contributed by atoms with Gasteiger partial charge in [-0.3, -0.25) is 4.79 Å². The van der Waals surface area contributed by atoms with Crippen LogP contribution in [0, 0.1) is 18.6 Å². The maximum Gasteiger partial charge on any atom is 0.199 e. The van der Waals surface area contributed by atoms with Gasteiger partial charge in [-0.2, -0.15) is 0 Å². The van der Waals surface area contributed by atoms with Crippen LogP contribution in [0.1, 0.15) is 21.5 Å². The largest absolute Gasteiger partial charge is 0.496 e. The molecule has 0 N–H and O–H groups in total. The van der Waals surface area contributed by atoms with Gasteiger partial charge in [0.25, 0.3) is 0 Å². The van der Waals surface area contributed by atoms with Crippen LogP contribution in [-0.2, 0) is 0 Å². The van der Waals surface area contributed by atoms with Crippen LogP contribution in [0.4, 0.5) is 8.78 Å². The highest BCUT2D eigenvalue weighted by molar-refractivity contribution is 6.11. The van der Waals surface area contributed by atoms with E-state index >= 15 is 0 Å². The van der Waals surface area contributed by atoms with Gasteiger partial charge < -0.3 is 4.74 Å². The van der Waals surface area contributed by atoms with Crippen LogP contribution in [-0.4, -0.2) is 12.9 Å². The Balaban J connectivity index is 2.56. The lowest BCUT2D eigenvalue weighted by molar-refractivity contribution is 0.103. The van der Waals surface area contributed by atoms with E-state index in [1.165, 1.54) is 37.4 Å². The molecular weight excluding hydrogens is 250 g/mol. The molecule has 0 amide bonds. The molecule has 0 radical (unpaired) electrons. The lowest BCUT2D eigenvalue weighted by Gasteiger charge is -2.09. The molecule has 98 valence electrons. The van der Waals surface area contributed by atoms with Crippen LogP contribution >= 0.6 is 0 Å². The molecule has 0 fully saturated rings. The van der Waals surface area contributed by atoms with E-state index in [9.17, 15) is 13.6 Å². The Morgan fingerprint density at radius 3 is 2.53 bits per heavy atom. The number of hydrogen-bond acceptors (Lipinski definition) is 2. The molecule has 19 heavy (non-hydrogen) atoms. The first kappa shape index (κ1) is 13.2. The monoisotopic (exact) mass is 262 g/mol. The number of carbonyl (C=O) groups excluding carboxylic acids is 1. The van der Waals surface area contributed by atoms with E-state index in [1.807, 2.05) is 0 Å². The molecule has 2 rings (SSSR count). The maximum absolute atomic E-state index is 13.8. The lowest BCUT2D eigenvalue weighted by Crippen LogP contribution is -2.07. The fourth-order valence-corrected chi connectivity index (χ4v) is 1.91. The summed E-state index contributed by atoms with van der Waals surface area (Å²) < 4.78 is 32.1. The quantitative estimate of drug-likeness (QED) is 0.791. The molecule has 0 spiro atoms. The number of hydrogen-bond donors (Lipinski definition) is 0. The van der Waals surface area contributed by atoms with Gasteiger partial charge in [0.05, 0.1) is 7.11 Å². The summed E-state index contributed by atoms with van der Waals surface area (Å²) >= 11 is 0. The Hall–Kier alpha value is -2.23. The van der Waals surface area contributed by atoms with Crippen molar-refractivity contribution in [1.29, 1.82) is 0 Å². The number of ketones is 1. The molecule has 2 nitrogen and oxygen atoms in total. The Bertz CT molecular complexity index is 616. The number of benzene rings is 2. The summed E-state index contributed by atoms with van der Waals surface area (Å²) in [5, 5.41) is 0. The highest BCUT2D eigenvalue weighted by Gasteiger charge is 2.19. The number of rotatable bonds is 3. The number of ether oxygens (including phenoxy) is 1. The van der Waals surface area contributed by atoms with E-state index in [0.29, 0.717) is 5.56 Å². The van der Waals surface area contributed by atoms with Crippen LogP contribution in [0.15, 0.2) is 36.4 Å². The number of carbonyl (C=O) groups is 1. The van der Waals surface area contributed by atoms with Crippen molar-refractivity contribution in [3.63, 3.8) is 0 Å². The SMILES string of the molecule is COc1cccc(F)c1C(=O)c1cc(C)cc(F)c1. The van der Waals surface area contributed by atoms with Crippen molar-refractivity contribution in [1.82, 2.24) is 0 Å². The predicted molar refractivity (Wildman–Crippen MR) is 67.5 cm³/mol. The summed E-state index contributed by atoms with van der Waals surface area (Å²) in [7, 11) is 1.35. The summed E-state index contributed by atoms with van der Waals surface area (Å²) in [6.45, 7) is 1.67. The average Bonchev–Trinajstić information content (AvgIpc) is 2.36. The summed E-state index contributed by atoms with van der Waals surface area (Å²) in [4.78, 5) is 12.3. The first-order chi connectivity index (χ1) is 9.02. The molecule has 2 aromatic rings. The van der Waals surface area contributed by atoms with Crippen LogP contribution in [0.25, 0.3) is 0 Å². The summed E-state index contributed by atoms with van der Waals surface area (Å²) in [6, 6.07) is 8.00. The fraction of sp³-hybridized carbons (Fsp3) is 0.133. The molecule has 0 aliphatic carbocycles. The fourth-order valence-electron chi connectivity index (χ4n) is 1.91. The highest BCUT2D eigenvalue weighted by atomic mass is 19.1. The van der Waals surface area contributed by atoms with Crippen molar-refractivity contribution in [3.05, 3.63) is 64.7 Å². The average molecular weight is 262 g/mol. The minimum atomic E-state index is -0.689. The molecule has 0 heterocycles. The van der Waals surface area contributed by atoms with E-state index in [2.05, 4.69) is 0 Å². The van der Waals surface area contributed by atoms with Crippen molar-refractivity contribution in [3.8, 4) is 5.75 Å². The molecule has 0 aliphatic rings. The van der Waals surface area contributed by atoms with Crippen molar-refractivity contribution in [2.75, 3.05) is 7.11 Å². The second kappa shape index (κ2) is 5.18. The smallest absolute Gasteiger partial charge is 0.199 e. The van der Waals surface area contributed by atoms with Gasteiger partial charge in [-0.25, -0.2) is 8.78 Å². The minimum Gasteiger partial charge on any atom is -0.496 e. The van der Waals surface area contributed by atoms with Crippen LogP contribution in [0.2, 0.25) is 0 Å². The molecule has 0 aliphatic heterocycles. The van der Waals surface area contributed by atoms with Gasteiger partial charge in [0, 0.05) is 5.56 Å². The second-order valence-electron chi connectivity index (χ2n) is 4.16. The van der Waals surface area contributed by atoms with Crippen LogP contribution < -0.4 is 4.74 Å². The lowest BCUT2D eigenvalue weighted by atomic mass is 10.00. The third-order valence-electron chi connectivity index (χ3n) is 2.73. The van der Waals surface area contributed by atoms with Crippen molar-refractivity contribution in [2.24, 2.45) is 0 Å². The Morgan fingerprint density at radius 2 is 1.89 bits per heavy atom. The number of halogens is 2. The van der Waals surface area contributed by atoms with Gasteiger partial charge >= 0.3 is 0 Å². The summed E-state index contributed by atoms with van der Waals surface area (Å²) in [6.07, 6.45) is 0. The Labute approximate surface area is 109 Å². The molecule has 0 saturated heterocycles. The normalized spacial score (nSPS) is 10.3. The van der Waals surface area contributed by atoms with Gasteiger partial charge in [0.2, 0.25) is 0 Å². The van der Waals surface area contributed by atoms with Crippen molar-refractivity contribution in [2.45, 2.75) is 6.92 Å². The van der Waals surface area contributed by atoms with Crippen molar-refractivity contribution < 1.29 is 18.3 Å². The van der Waals surface area contributed by atoms with E-state index in [4.69, 9.17) is 4.74 Å². The molecule has 0 aromatic heterocycles. The van der Waals surface area contributed by atoms with Crippen molar-refractivity contribution >= 4 is 5.78 Å². The molecule has 0 atom stereocenters. The molecule has 0 saturated carbocycles. The molecule has 4 heteroatoms. The van der Waals surface area contributed by atoms with Gasteiger partial charge in [0.15, 0.2) is 5.78 Å². The molecule has 0 unspecified atom stereocenters. The number of aryl methyl sites for hydroxylation is 1. The van der Waals surface area contributed by atoms with E-state index in [0.717, 1.165) is 6.07 Å². The third kappa shape index (κ3) is 2.62. The number of methoxy groups -OCH3 is 1. The third-order valence-corrected chi connectivity index (χ3v) is 2.73. The minimum absolute atomic E-state index is 0.0981. The summed E-state index contributed by atoms with van der Waals surface area (Å²) in [5.41, 5.74) is 0.509. The molecular formula is C15H12F2O2. The Kier molecular flexibility index (Phi) is 3.60. The topological polar surface area (TPSA) is 26.3 Å². The van der Waals surface area contributed by atoms with E-state index < -0.39 is 17.4 Å². The van der Waals surface area contributed by atoms with Gasteiger partial charge in [-0.05, 0) is 42.8 Å². The van der Waals surface area contributed by atoms with E-state index in [-0.39, 0.29) is 16.9 Å². The maximum atomic E-state index is 13.8. The highest BCUT2D eigenvalue weighted by Crippen LogP contribution is 2.25. The second-order valence-corrected chi connectivity index (χ2v) is 4.16. The zero-order valence-corrected chi connectivity index (χ0v) is 10.5.